The van der Waals surface area contributed by atoms with Gasteiger partial charge in [0.25, 0.3) is 0 Å². The SMILES string of the molecule is [CH2]CCCCCCCC(O)COC. The molecule has 1 radical (unpaired) electrons. The molecular weight excluding hydrogens is 164 g/mol. The molecule has 0 bridgehead atoms. The molecule has 0 heterocycles. The third-order valence-electron chi connectivity index (χ3n) is 2.15. The van der Waals surface area contributed by atoms with E-state index in [2.05, 4.69) is 6.92 Å². The predicted octanol–water partition coefficient (Wildman–Crippen LogP) is 2.56. The number of methoxy groups -OCH3 is 1. The lowest BCUT2D eigenvalue weighted by molar-refractivity contribution is 0.0576. The van der Waals surface area contributed by atoms with Crippen molar-refractivity contribution >= 4 is 0 Å². The zero-order valence-corrected chi connectivity index (χ0v) is 8.80. The molecule has 0 aliphatic carbocycles. The summed E-state index contributed by atoms with van der Waals surface area (Å²) in [5.74, 6) is 0. The van der Waals surface area contributed by atoms with Crippen LogP contribution in [0.25, 0.3) is 0 Å². The highest BCUT2D eigenvalue weighted by atomic mass is 16.5. The quantitative estimate of drug-likeness (QED) is 0.562. The van der Waals surface area contributed by atoms with Gasteiger partial charge in [0.1, 0.15) is 0 Å². The van der Waals surface area contributed by atoms with E-state index in [-0.39, 0.29) is 6.10 Å². The number of aliphatic hydroxyl groups is 1. The smallest absolute Gasteiger partial charge is 0.0773 e. The Hall–Kier alpha value is -0.0800. The van der Waals surface area contributed by atoms with Gasteiger partial charge in [-0.05, 0) is 6.42 Å². The van der Waals surface area contributed by atoms with E-state index in [0.717, 1.165) is 19.3 Å². The normalized spacial score (nSPS) is 13.2. The lowest BCUT2D eigenvalue weighted by atomic mass is 10.1. The monoisotopic (exact) mass is 187 g/mol. The van der Waals surface area contributed by atoms with E-state index in [1.807, 2.05) is 0 Å². The van der Waals surface area contributed by atoms with Gasteiger partial charge in [-0.2, -0.15) is 0 Å². The molecule has 0 spiro atoms. The molecule has 79 valence electrons. The van der Waals surface area contributed by atoms with Crippen molar-refractivity contribution in [3.8, 4) is 0 Å². The standard InChI is InChI=1S/C11H23O2/c1-3-4-5-6-7-8-9-11(12)10-13-2/h11-12H,1,3-10H2,2H3. The van der Waals surface area contributed by atoms with E-state index in [1.165, 1.54) is 25.7 Å². The maximum atomic E-state index is 9.32. The van der Waals surface area contributed by atoms with Crippen molar-refractivity contribution < 1.29 is 9.84 Å². The van der Waals surface area contributed by atoms with E-state index < -0.39 is 0 Å². The molecule has 1 atom stereocenters. The van der Waals surface area contributed by atoms with Gasteiger partial charge in [0.05, 0.1) is 12.7 Å². The third kappa shape index (κ3) is 9.84. The first kappa shape index (κ1) is 12.9. The second kappa shape index (κ2) is 10.0. The Kier molecular flexibility index (Phi) is 9.94. The molecule has 0 aromatic carbocycles. The maximum Gasteiger partial charge on any atom is 0.0773 e. The van der Waals surface area contributed by atoms with Crippen LogP contribution >= 0.6 is 0 Å². The predicted molar refractivity (Wildman–Crippen MR) is 55.6 cm³/mol. The Morgan fingerprint density at radius 2 is 1.77 bits per heavy atom. The van der Waals surface area contributed by atoms with Gasteiger partial charge in [0, 0.05) is 7.11 Å². The Labute approximate surface area is 82.3 Å². The van der Waals surface area contributed by atoms with E-state index in [9.17, 15) is 5.11 Å². The van der Waals surface area contributed by atoms with Crippen molar-refractivity contribution in [2.75, 3.05) is 13.7 Å². The molecule has 0 saturated carbocycles. The van der Waals surface area contributed by atoms with Gasteiger partial charge in [0.15, 0.2) is 0 Å². The van der Waals surface area contributed by atoms with Crippen LogP contribution in [-0.2, 0) is 4.74 Å². The summed E-state index contributed by atoms with van der Waals surface area (Å²) in [5, 5.41) is 9.32. The molecular formula is C11H23O2. The van der Waals surface area contributed by atoms with Crippen molar-refractivity contribution in [3.05, 3.63) is 6.92 Å². The minimum atomic E-state index is -0.266. The van der Waals surface area contributed by atoms with Gasteiger partial charge in [-0.25, -0.2) is 0 Å². The van der Waals surface area contributed by atoms with E-state index in [1.54, 1.807) is 7.11 Å². The molecule has 1 N–H and O–H groups in total. The fourth-order valence-electron chi connectivity index (χ4n) is 1.36. The molecule has 0 aliphatic heterocycles. The van der Waals surface area contributed by atoms with Crippen LogP contribution in [0.4, 0.5) is 0 Å². The lowest BCUT2D eigenvalue weighted by Crippen LogP contribution is -2.13. The summed E-state index contributed by atoms with van der Waals surface area (Å²) < 4.78 is 4.84. The van der Waals surface area contributed by atoms with Crippen LogP contribution in [0.15, 0.2) is 0 Å². The van der Waals surface area contributed by atoms with Crippen molar-refractivity contribution in [2.45, 2.75) is 51.0 Å². The molecule has 13 heavy (non-hydrogen) atoms. The minimum absolute atomic E-state index is 0.266. The second-order valence-corrected chi connectivity index (χ2v) is 3.52. The number of aliphatic hydroxyl groups excluding tert-OH is 1. The molecule has 0 aliphatic rings. The molecule has 0 fully saturated rings. The third-order valence-corrected chi connectivity index (χ3v) is 2.15. The van der Waals surface area contributed by atoms with Crippen molar-refractivity contribution in [2.24, 2.45) is 0 Å². The lowest BCUT2D eigenvalue weighted by Gasteiger charge is -2.08. The minimum Gasteiger partial charge on any atom is -0.391 e. The van der Waals surface area contributed by atoms with Gasteiger partial charge >= 0.3 is 0 Å². The van der Waals surface area contributed by atoms with Crippen molar-refractivity contribution in [1.82, 2.24) is 0 Å². The highest BCUT2D eigenvalue weighted by molar-refractivity contribution is 4.54. The van der Waals surface area contributed by atoms with Crippen LogP contribution in [0.5, 0.6) is 0 Å². The van der Waals surface area contributed by atoms with Crippen LogP contribution < -0.4 is 0 Å². The molecule has 0 amide bonds. The molecule has 2 nitrogen and oxygen atoms in total. The van der Waals surface area contributed by atoms with Crippen LogP contribution in [0.2, 0.25) is 0 Å². The highest BCUT2D eigenvalue weighted by Gasteiger charge is 2.01. The van der Waals surface area contributed by atoms with E-state index in [4.69, 9.17) is 4.74 Å². The fraction of sp³-hybridized carbons (Fsp3) is 0.909. The number of unbranched alkanes of at least 4 members (excludes halogenated alkanes) is 5. The number of hydrogen-bond acceptors (Lipinski definition) is 2. The molecule has 0 aromatic heterocycles. The molecule has 0 aromatic rings. The molecule has 2 heteroatoms. The zero-order valence-electron chi connectivity index (χ0n) is 8.80. The van der Waals surface area contributed by atoms with Crippen LogP contribution in [0.1, 0.15) is 44.9 Å². The Morgan fingerprint density at radius 1 is 1.15 bits per heavy atom. The number of hydrogen-bond donors (Lipinski definition) is 1. The summed E-state index contributed by atoms with van der Waals surface area (Å²) in [4.78, 5) is 0. The van der Waals surface area contributed by atoms with Crippen LogP contribution in [-0.4, -0.2) is 24.9 Å². The molecule has 0 rings (SSSR count). The zero-order chi connectivity index (χ0) is 9.94. The summed E-state index contributed by atoms with van der Waals surface area (Å²) in [6, 6.07) is 0. The highest BCUT2D eigenvalue weighted by Crippen LogP contribution is 2.08. The van der Waals surface area contributed by atoms with Gasteiger partial charge in [-0.15, -0.1) is 0 Å². The molecule has 0 saturated heterocycles. The number of rotatable bonds is 9. The first-order valence-corrected chi connectivity index (χ1v) is 5.27. The van der Waals surface area contributed by atoms with Gasteiger partial charge in [-0.1, -0.05) is 45.4 Å². The summed E-state index contributed by atoms with van der Waals surface area (Å²) in [6.45, 7) is 4.27. The first-order chi connectivity index (χ1) is 6.31. The average molecular weight is 187 g/mol. The maximum absolute atomic E-state index is 9.32. The summed E-state index contributed by atoms with van der Waals surface area (Å²) in [6.07, 6.45) is 7.78. The van der Waals surface area contributed by atoms with Gasteiger partial charge in [-0.3, -0.25) is 0 Å². The van der Waals surface area contributed by atoms with E-state index >= 15 is 0 Å². The average Bonchev–Trinajstić information content (AvgIpc) is 2.11. The van der Waals surface area contributed by atoms with Gasteiger partial charge in [0.2, 0.25) is 0 Å². The number of ether oxygens (including phenoxy) is 1. The fourth-order valence-corrected chi connectivity index (χ4v) is 1.36. The summed E-state index contributed by atoms with van der Waals surface area (Å²) >= 11 is 0. The summed E-state index contributed by atoms with van der Waals surface area (Å²) in [7, 11) is 1.62. The second-order valence-electron chi connectivity index (χ2n) is 3.52. The van der Waals surface area contributed by atoms with Crippen LogP contribution in [0, 0.1) is 6.92 Å². The van der Waals surface area contributed by atoms with Gasteiger partial charge < -0.3 is 9.84 Å². The van der Waals surface area contributed by atoms with Crippen LogP contribution in [0.3, 0.4) is 0 Å². The van der Waals surface area contributed by atoms with Crippen molar-refractivity contribution in [3.63, 3.8) is 0 Å². The molecule has 1 unspecified atom stereocenters. The first-order valence-electron chi connectivity index (χ1n) is 5.27. The van der Waals surface area contributed by atoms with E-state index in [0.29, 0.717) is 6.61 Å². The largest absolute Gasteiger partial charge is 0.391 e. The Bertz CT molecular complexity index is 94.1. The summed E-state index contributed by atoms with van der Waals surface area (Å²) in [5.41, 5.74) is 0. The Balaban J connectivity index is 2.97. The topological polar surface area (TPSA) is 29.5 Å². The Morgan fingerprint density at radius 3 is 2.38 bits per heavy atom. The van der Waals surface area contributed by atoms with Crippen molar-refractivity contribution in [1.29, 1.82) is 0 Å².